The number of aryl methyl sites for hydroxylation is 1. The number of carboxylic acid groups (broad SMARTS) is 1. The average molecular weight is 525 g/mol. The Morgan fingerprint density at radius 3 is 2.33 bits per heavy atom. The predicted molar refractivity (Wildman–Crippen MR) is 143 cm³/mol. The number of aromatic nitrogens is 1. The number of hydrogen-bond acceptors (Lipinski definition) is 8. The van der Waals surface area contributed by atoms with E-state index in [-0.39, 0.29) is 11.7 Å². The molecule has 1 rings (SSSR count). The van der Waals surface area contributed by atoms with Gasteiger partial charge in [0.15, 0.2) is 0 Å². The third-order valence-corrected chi connectivity index (χ3v) is 7.73. The van der Waals surface area contributed by atoms with Gasteiger partial charge in [-0.15, -0.1) is 11.3 Å². The van der Waals surface area contributed by atoms with E-state index in [1.165, 1.54) is 13.8 Å². The lowest BCUT2D eigenvalue weighted by atomic mass is 9.73. The molecule has 1 aromatic heterocycles. The molecule has 36 heavy (non-hydrogen) atoms. The minimum Gasteiger partial charge on any atom is -0.481 e. The van der Waals surface area contributed by atoms with Gasteiger partial charge in [-0.2, -0.15) is 0 Å². The third-order valence-electron chi connectivity index (χ3n) is 6.94. The SMILES string of the molecule is CC(=CC(O)C(N)C(C)=Cc1csc(C)n1)CCCC(C)C(O)C(C)C(=O)C(C)(C)C(O)CC(=O)O. The summed E-state index contributed by atoms with van der Waals surface area (Å²) in [5, 5.41) is 43.3. The van der Waals surface area contributed by atoms with Crippen molar-refractivity contribution in [1.29, 1.82) is 0 Å². The molecule has 1 heterocycles. The minimum atomic E-state index is -1.33. The summed E-state index contributed by atoms with van der Waals surface area (Å²) in [6.45, 7) is 12.2. The number of nitrogens with zero attached hydrogens (tertiary/aromatic N) is 1. The fourth-order valence-corrected chi connectivity index (χ4v) is 4.79. The molecule has 0 aromatic carbocycles. The van der Waals surface area contributed by atoms with Crippen LogP contribution >= 0.6 is 11.3 Å². The molecule has 0 fully saturated rings. The highest BCUT2D eigenvalue weighted by molar-refractivity contribution is 7.09. The van der Waals surface area contributed by atoms with Crippen LogP contribution in [0.2, 0.25) is 0 Å². The van der Waals surface area contributed by atoms with Gasteiger partial charge in [0.2, 0.25) is 0 Å². The molecule has 1 aromatic rings. The van der Waals surface area contributed by atoms with E-state index in [0.717, 1.165) is 28.3 Å². The summed E-state index contributed by atoms with van der Waals surface area (Å²) in [4.78, 5) is 28.2. The monoisotopic (exact) mass is 524 g/mol. The summed E-state index contributed by atoms with van der Waals surface area (Å²) >= 11 is 1.56. The van der Waals surface area contributed by atoms with E-state index in [1.54, 1.807) is 24.3 Å². The van der Waals surface area contributed by atoms with Crippen molar-refractivity contribution in [3.05, 3.63) is 33.3 Å². The van der Waals surface area contributed by atoms with Gasteiger partial charge in [0.05, 0.1) is 46.9 Å². The Morgan fingerprint density at radius 2 is 1.81 bits per heavy atom. The summed E-state index contributed by atoms with van der Waals surface area (Å²) in [6.07, 6.45) is 2.15. The number of thiazole rings is 1. The third kappa shape index (κ3) is 9.52. The van der Waals surface area contributed by atoms with Crippen molar-refractivity contribution in [3.8, 4) is 0 Å². The van der Waals surface area contributed by atoms with Crippen LogP contribution in [0.15, 0.2) is 22.6 Å². The molecule has 0 aliphatic carbocycles. The normalized spacial score (nSPS) is 18.3. The van der Waals surface area contributed by atoms with Crippen LogP contribution in [-0.4, -0.2) is 61.5 Å². The van der Waals surface area contributed by atoms with Crippen LogP contribution < -0.4 is 5.73 Å². The highest BCUT2D eigenvalue weighted by Crippen LogP contribution is 2.31. The first-order chi connectivity index (χ1) is 16.6. The molecule has 0 aliphatic rings. The quantitative estimate of drug-likeness (QED) is 0.218. The molecule has 0 aliphatic heterocycles. The Kier molecular flexibility index (Phi) is 12.6. The Bertz CT molecular complexity index is 938. The Labute approximate surface area is 219 Å². The van der Waals surface area contributed by atoms with E-state index in [4.69, 9.17) is 10.8 Å². The van der Waals surface area contributed by atoms with Gasteiger partial charge < -0.3 is 26.2 Å². The van der Waals surface area contributed by atoms with E-state index in [9.17, 15) is 24.9 Å². The number of ketones is 1. The van der Waals surface area contributed by atoms with Gasteiger partial charge in [0.25, 0.3) is 0 Å². The first kappa shape index (κ1) is 32.1. The zero-order valence-electron chi connectivity index (χ0n) is 22.6. The van der Waals surface area contributed by atoms with E-state index in [2.05, 4.69) is 4.98 Å². The molecular formula is C27H44N2O6S. The molecule has 8 nitrogen and oxygen atoms in total. The lowest BCUT2D eigenvalue weighted by molar-refractivity contribution is -0.147. The number of aliphatic hydroxyl groups excluding tert-OH is 3. The van der Waals surface area contributed by atoms with Crippen molar-refractivity contribution in [2.45, 2.75) is 98.5 Å². The summed E-state index contributed by atoms with van der Waals surface area (Å²) in [6, 6.07) is -0.547. The van der Waals surface area contributed by atoms with Crippen LogP contribution in [0.4, 0.5) is 0 Å². The molecule has 9 heteroatoms. The largest absolute Gasteiger partial charge is 0.481 e. The second-order valence-corrected chi connectivity index (χ2v) is 11.6. The fourth-order valence-electron chi connectivity index (χ4n) is 4.22. The van der Waals surface area contributed by atoms with Gasteiger partial charge in [-0.05, 0) is 52.0 Å². The first-order valence-electron chi connectivity index (χ1n) is 12.4. The second kappa shape index (κ2) is 14.1. The van der Waals surface area contributed by atoms with Gasteiger partial charge in [0, 0.05) is 11.3 Å². The molecule has 6 unspecified atom stereocenters. The van der Waals surface area contributed by atoms with Crippen LogP contribution in [0.3, 0.4) is 0 Å². The molecule has 6 N–H and O–H groups in total. The number of Topliss-reactive ketones (excluding diaryl/α,β-unsaturated/α-hetero) is 1. The van der Waals surface area contributed by atoms with Crippen LogP contribution in [-0.2, 0) is 9.59 Å². The molecule has 0 saturated heterocycles. The van der Waals surface area contributed by atoms with Gasteiger partial charge in [0.1, 0.15) is 5.78 Å². The Morgan fingerprint density at radius 1 is 1.19 bits per heavy atom. The maximum Gasteiger partial charge on any atom is 0.306 e. The van der Waals surface area contributed by atoms with Crippen molar-refractivity contribution < 1.29 is 30.0 Å². The number of carbonyl (C=O) groups excluding carboxylic acids is 1. The molecule has 204 valence electrons. The molecule has 6 atom stereocenters. The van der Waals surface area contributed by atoms with E-state index < -0.39 is 48.1 Å². The van der Waals surface area contributed by atoms with Crippen molar-refractivity contribution in [2.75, 3.05) is 0 Å². The lowest BCUT2D eigenvalue weighted by Crippen LogP contribution is -2.45. The number of nitrogens with two attached hydrogens (primary N) is 1. The van der Waals surface area contributed by atoms with Crippen LogP contribution in [0.5, 0.6) is 0 Å². The summed E-state index contributed by atoms with van der Waals surface area (Å²) < 4.78 is 0. The van der Waals surface area contributed by atoms with E-state index in [1.807, 2.05) is 39.2 Å². The van der Waals surface area contributed by atoms with Crippen LogP contribution in [0, 0.1) is 24.2 Å². The lowest BCUT2D eigenvalue weighted by Gasteiger charge is -2.34. The molecule has 0 amide bonds. The van der Waals surface area contributed by atoms with Crippen molar-refractivity contribution in [2.24, 2.45) is 23.0 Å². The number of carbonyl (C=O) groups is 2. The van der Waals surface area contributed by atoms with Crippen LogP contribution in [0.1, 0.15) is 77.9 Å². The van der Waals surface area contributed by atoms with Crippen molar-refractivity contribution in [1.82, 2.24) is 4.98 Å². The summed E-state index contributed by atoms with van der Waals surface area (Å²) in [7, 11) is 0. The average Bonchev–Trinajstić information content (AvgIpc) is 3.20. The summed E-state index contributed by atoms with van der Waals surface area (Å²) in [5.74, 6) is -2.46. The zero-order chi connectivity index (χ0) is 27.8. The maximum absolute atomic E-state index is 12.9. The molecular weight excluding hydrogens is 480 g/mol. The first-order valence-corrected chi connectivity index (χ1v) is 13.3. The molecule has 0 spiro atoms. The zero-order valence-corrected chi connectivity index (χ0v) is 23.4. The van der Waals surface area contributed by atoms with Gasteiger partial charge >= 0.3 is 5.97 Å². The maximum atomic E-state index is 12.9. The van der Waals surface area contributed by atoms with E-state index in [0.29, 0.717) is 12.8 Å². The van der Waals surface area contributed by atoms with Crippen LogP contribution in [0.25, 0.3) is 6.08 Å². The van der Waals surface area contributed by atoms with Gasteiger partial charge in [-0.3, -0.25) is 9.59 Å². The number of rotatable bonds is 15. The highest BCUT2D eigenvalue weighted by atomic mass is 32.1. The topological polar surface area (TPSA) is 154 Å². The second-order valence-electron chi connectivity index (χ2n) is 10.6. The van der Waals surface area contributed by atoms with E-state index >= 15 is 0 Å². The van der Waals surface area contributed by atoms with Gasteiger partial charge in [-0.25, -0.2) is 4.98 Å². The molecule has 0 bridgehead atoms. The van der Waals surface area contributed by atoms with Crippen molar-refractivity contribution >= 4 is 29.2 Å². The number of allylic oxidation sites excluding steroid dienone is 1. The number of aliphatic carboxylic acids is 1. The number of carboxylic acids is 1. The molecule has 0 radical (unpaired) electrons. The molecule has 0 saturated carbocycles. The smallest absolute Gasteiger partial charge is 0.306 e. The van der Waals surface area contributed by atoms with Crippen molar-refractivity contribution in [3.63, 3.8) is 0 Å². The standard InChI is InChI=1S/C27H44N2O6S/c1-15(11-21(30)24(28)17(3)12-20-14-36-19(5)29-20)9-8-10-16(2)25(34)18(4)26(35)27(6,7)22(31)13-23(32)33/h11-12,14,16,18,21-22,24-25,30-31,34H,8-10,13,28H2,1-7H3,(H,32,33). The number of aliphatic hydroxyl groups is 3. The highest BCUT2D eigenvalue weighted by Gasteiger charge is 2.41. The fraction of sp³-hybridized carbons (Fsp3) is 0.667. The van der Waals surface area contributed by atoms with Gasteiger partial charge in [-0.1, -0.05) is 44.9 Å². The minimum absolute atomic E-state index is 0.178. The predicted octanol–water partition coefficient (Wildman–Crippen LogP) is 3.72. The Balaban J connectivity index is 2.62. The number of hydrogen-bond donors (Lipinski definition) is 5. The Hall–Kier alpha value is -1.91. The summed E-state index contributed by atoms with van der Waals surface area (Å²) in [5.41, 5.74) is 7.60.